The molecule has 21 heavy (non-hydrogen) atoms. The van der Waals surface area contributed by atoms with Crippen molar-refractivity contribution in [3.8, 4) is 0 Å². The molecule has 0 aromatic rings. The summed E-state index contributed by atoms with van der Waals surface area (Å²) in [7, 11) is -0.663. The maximum absolute atomic E-state index is 11.7. The fourth-order valence-electron chi connectivity index (χ4n) is 4.30. The minimum atomic E-state index is -2.79. The quantitative estimate of drug-likeness (QED) is 0.813. The summed E-state index contributed by atoms with van der Waals surface area (Å²) in [6.45, 7) is 7.63. The Labute approximate surface area is 130 Å². The SMILES string of the molecule is CCNCC1(CN(C)C2CCS(=O)(=O)C2)CCCC(C)C1. The summed E-state index contributed by atoms with van der Waals surface area (Å²) in [4.78, 5) is 2.33. The predicted molar refractivity (Wildman–Crippen MR) is 88.3 cm³/mol. The maximum Gasteiger partial charge on any atom is 0.151 e. The van der Waals surface area contributed by atoms with Gasteiger partial charge >= 0.3 is 0 Å². The minimum Gasteiger partial charge on any atom is -0.316 e. The molecule has 5 heteroatoms. The van der Waals surface area contributed by atoms with Gasteiger partial charge in [0.2, 0.25) is 0 Å². The smallest absolute Gasteiger partial charge is 0.151 e. The Hall–Kier alpha value is -0.130. The van der Waals surface area contributed by atoms with E-state index in [4.69, 9.17) is 0 Å². The lowest BCUT2D eigenvalue weighted by molar-refractivity contribution is 0.0776. The number of nitrogens with zero attached hydrogens (tertiary/aromatic N) is 1. The lowest BCUT2D eigenvalue weighted by Crippen LogP contribution is -2.48. The third kappa shape index (κ3) is 4.67. The Morgan fingerprint density at radius 3 is 2.67 bits per heavy atom. The van der Waals surface area contributed by atoms with Crippen LogP contribution in [0.4, 0.5) is 0 Å². The molecule has 124 valence electrons. The van der Waals surface area contributed by atoms with E-state index in [0.717, 1.165) is 32.0 Å². The van der Waals surface area contributed by atoms with Crippen LogP contribution in [0.15, 0.2) is 0 Å². The largest absolute Gasteiger partial charge is 0.316 e. The molecule has 4 nitrogen and oxygen atoms in total. The summed E-state index contributed by atoms with van der Waals surface area (Å²) in [5.74, 6) is 1.52. The molecule has 0 aromatic carbocycles. The zero-order valence-electron chi connectivity index (χ0n) is 13.9. The van der Waals surface area contributed by atoms with Crippen molar-refractivity contribution in [2.45, 2.75) is 52.0 Å². The van der Waals surface area contributed by atoms with Gasteiger partial charge in [0, 0.05) is 19.1 Å². The monoisotopic (exact) mass is 316 g/mol. The highest BCUT2D eigenvalue weighted by Crippen LogP contribution is 2.40. The molecule has 1 saturated carbocycles. The lowest BCUT2D eigenvalue weighted by atomic mass is 9.69. The number of hydrogen-bond acceptors (Lipinski definition) is 4. The van der Waals surface area contributed by atoms with Crippen molar-refractivity contribution in [3.63, 3.8) is 0 Å². The molecule has 2 rings (SSSR count). The van der Waals surface area contributed by atoms with Gasteiger partial charge in [0.25, 0.3) is 0 Å². The van der Waals surface area contributed by atoms with Gasteiger partial charge in [-0.2, -0.15) is 0 Å². The summed E-state index contributed by atoms with van der Waals surface area (Å²) >= 11 is 0. The topological polar surface area (TPSA) is 49.4 Å². The second-order valence-corrected chi connectivity index (χ2v) is 9.68. The van der Waals surface area contributed by atoms with Crippen LogP contribution in [0.25, 0.3) is 0 Å². The summed E-state index contributed by atoms with van der Waals surface area (Å²) in [5, 5.41) is 3.55. The van der Waals surface area contributed by atoms with Gasteiger partial charge in [0.1, 0.15) is 0 Å². The third-order valence-electron chi connectivity index (χ3n) is 5.35. The van der Waals surface area contributed by atoms with Crippen LogP contribution in [0.3, 0.4) is 0 Å². The molecule has 0 bridgehead atoms. The molecule has 0 aromatic heterocycles. The average Bonchev–Trinajstić information content (AvgIpc) is 2.77. The summed E-state index contributed by atoms with van der Waals surface area (Å²) in [6.07, 6.45) is 6.00. The van der Waals surface area contributed by atoms with E-state index in [1.807, 2.05) is 0 Å². The molecule has 1 saturated heterocycles. The highest BCUT2D eigenvalue weighted by atomic mass is 32.2. The Morgan fingerprint density at radius 1 is 1.33 bits per heavy atom. The van der Waals surface area contributed by atoms with E-state index >= 15 is 0 Å². The van der Waals surface area contributed by atoms with Crippen molar-refractivity contribution in [2.75, 3.05) is 38.2 Å². The second-order valence-electron chi connectivity index (χ2n) is 7.45. The van der Waals surface area contributed by atoms with E-state index in [1.165, 1.54) is 25.7 Å². The zero-order chi connectivity index (χ0) is 15.5. The van der Waals surface area contributed by atoms with Crippen LogP contribution in [-0.4, -0.2) is 57.5 Å². The van der Waals surface area contributed by atoms with E-state index in [-0.39, 0.29) is 6.04 Å². The maximum atomic E-state index is 11.7. The fourth-order valence-corrected chi connectivity index (χ4v) is 6.11. The number of sulfone groups is 1. The van der Waals surface area contributed by atoms with Gasteiger partial charge in [-0.25, -0.2) is 8.42 Å². The molecule has 3 unspecified atom stereocenters. The van der Waals surface area contributed by atoms with Crippen LogP contribution in [-0.2, 0) is 9.84 Å². The second kappa shape index (κ2) is 6.97. The van der Waals surface area contributed by atoms with Crippen molar-refractivity contribution in [3.05, 3.63) is 0 Å². The molecule has 0 amide bonds. The molecule has 2 fully saturated rings. The summed E-state index contributed by atoms with van der Waals surface area (Å²) < 4.78 is 23.4. The zero-order valence-corrected chi connectivity index (χ0v) is 14.7. The van der Waals surface area contributed by atoms with Gasteiger partial charge in [-0.1, -0.05) is 26.7 Å². The number of rotatable bonds is 6. The Balaban J connectivity index is 2.00. The van der Waals surface area contributed by atoms with Crippen LogP contribution in [0.1, 0.15) is 46.0 Å². The molecule has 1 aliphatic carbocycles. The van der Waals surface area contributed by atoms with Crippen LogP contribution in [0.2, 0.25) is 0 Å². The van der Waals surface area contributed by atoms with Gasteiger partial charge < -0.3 is 10.2 Å². The van der Waals surface area contributed by atoms with E-state index in [2.05, 4.69) is 31.1 Å². The molecule has 0 radical (unpaired) electrons. The van der Waals surface area contributed by atoms with Gasteiger partial charge in [-0.3, -0.25) is 0 Å². The summed E-state index contributed by atoms with van der Waals surface area (Å²) in [5.41, 5.74) is 0.328. The van der Waals surface area contributed by atoms with Crippen LogP contribution in [0.5, 0.6) is 0 Å². The van der Waals surface area contributed by atoms with Crippen molar-refractivity contribution in [1.29, 1.82) is 0 Å². The predicted octanol–water partition coefficient (Wildman–Crippen LogP) is 1.91. The molecular formula is C16H32N2O2S. The van der Waals surface area contributed by atoms with E-state index < -0.39 is 9.84 Å². The molecule has 0 spiro atoms. The first-order valence-electron chi connectivity index (χ1n) is 8.47. The fraction of sp³-hybridized carbons (Fsp3) is 1.00. The van der Waals surface area contributed by atoms with E-state index in [1.54, 1.807) is 0 Å². The Kier molecular flexibility index (Phi) is 5.71. The standard InChI is InChI=1S/C16H32N2O2S/c1-4-17-12-16(8-5-6-14(2)10-16)13-18(3)15-7-9-21(19,20)11-15/h14-15,17H,4-13H2,1-3H3. The first kappa shape index (κ1) is 17.2. The molecule has 1 aliphatic heterocycles. The first-order valence-corrected chi connectivity index (χ1v) is 10.3. The third-order valence-corrected chi connectivity index (χ3v) is 7.10. The molecule has 1 N–H and O–H groups in total. The van der Waals surface area contributed by atoms with Gasteiger partial charge in [0.05, 0.1) is 11.5 Å². The lowest BCUT2D eigenvalue weighted by Gasteiger charge is -2.44. The van der Waals surface area contributed by atoms with Crippen LogP contribution < -0.4 is 5.32 Å². The summed E-state index contributed by atoms with van der Waals surface area (Å²) in [6, 6.07) is 0.228. The van der Waals surface area contributed by atoms with Crippen LogP contribution >= 0.6 is 0 Å². The van der Waals surface area contributed by atoms with E-state index in [9.17, 15) is 8.42 Å². The molecule has 1 heterocycles. The van der Waals surface area contributed by atoms with Gasteiger partial charge in [-0.05, 0) is 44.2 Å². The number of hydrogen-bond donors (Lipinski definition) is 1. The molecule has 2 aliphatic rings. The van der Waals surface area contributed by atoms with E-state index in [0.29, 0.717) is 16.9 Å². The van der Waals surface area contributed by atoms with Crippen LogP contribution in [0, 0.1) is 11.3 Å². The van der Waals surface area contributed by atoms with Gasteiger partial charge in [-0.15, -0.1) is 0 Å². The van der Waals surface area contributed by atoms with Gasteiger partial charge in [0.15, 0.2) is 9.84 Å². The Bertz CT molecular complexity index is 438. The first-order chi connectivity index (χ1) is 9.86. The molecular weight excluding hydrogens is 284 g/mol. The van der Waals surface area contributed by atoms with Crippen molar-refractivity contribution >= 4 is 9.84 Å². The average molecular weight is 317 g/mol. The number of nitrogens with one attached hydrogen (secondary N) is 1. The van der Waals surface area contributed by atoms with Crippen molar-refractivity contribution < 1.29 is 8.42 Å². The normalized spacial score (nSPS) is 36.2. The van der Waals surface area contributed by atoms with Crippen molar-refractivity contribution in [1.82, 2.24) is 10.2 Å². The highest BCUT2D eigenvalue weighted by Gasteiger charge is 2.38. The Morgan fingerprint density at radius 2 is 2.10 bits per heavy atom. The minimum absolute atomic E-state index is 0.228. The van der Waals surface area contributed by atoms with Crippen molar-refractivity contribution in [2.24, 2.45) is 11.3 Å². The highest BCUT2D eigenvalue weighted by molar-refractivity contribution is 7.91. The molecule has 3 atom stereocenters.